The fourth-order valence-electron chi connectivity index (χ4n) is 3.03. The molecule has 0 bridgehead atoms. The molecule has 1 aliphatic rings. The van der Waals surface area contributed by atoms with Crippen LogP contribution >= 0.6 is 0 Å². The minimum absolute atomic E-state index is 0.0973. The van der Waals surface area contributed by atoms with E-state index < -0.39 is 12.0 Å². The van der Waals surface area contributed by atoms with E-state index in [1.54, 1.807) is 18.5 Å². The van der Waals surface area contributed by atoms with Crippen LogP contribution in [0.25, 0.3) is 23.2 Å². The first-order chi connectivity index (χ1) is 13.0. The number of rotatable bonds is 5. The number of nitrogens with two attached hydrogens (primary N) is 1. The molecule has 1 atom stereocenters. The zero-order valence-electron chi connectivity index (χ0n) is 14.1. The maximum absolute atomic E-state index is 12.3. The Labute approximate surface area is 152 Å². The van der Waals surface area contributed by atoms with E-state index in [1.165, 1.54) is 0 Å². The molecule has 0 saturated carbocycles. The highest BCUT2D eigenvalue weighted by Gasteiger charge is 2.21. The molecule has 4 rings (SSSR count). The van der Waals surface area contributed by atoms with Gasteiger partial charge in [0.1, 0.15) is 11.7 Å². The van der Waals surface area contributed by atoms with E-state index in [4.69, 9.17) is 5.73 Å². The number of imidazole rings is 1. The zero-order chi connectivity index (χ0) is 19.0. The van der Waals surface area contributed by atoms with Crippen molar-refractivity contribution in [2.45, 2.75) is 12.5 Å². The van der Waals surface area contributed by atoms with Crippen molar-refractivity contribution in [3.8, 4) is 11.5 Å². The lowest BCUT2D eigenvalue weighted by atomic mass is 10.0. The van der Waals surface area contributed by atoms with Crippen molar-refractivity contribution in [1.82, 2.24) is 20.2 Å². The third-order valence-electron chi connectivity index (χ3n) is 4.35. The SMILES string of the molecule is NC(CC1=c2ccccc2=NC1=Cc1c(-c2ncc[nH]2)[nH][nH]c1=O)C(=O)O. The molecule has 3 aromatic rings. The topological polar surface area (TPSA) is 153 Å². The number of fused-ring (bicyclic) bond motifs is 1. The molecule has 3 heterocycles. The summed E-state index contributed by atoms with van der Waals surface area (Å²) in [6.07, 6.45) is 4.95. The molecule has 0 fully saturated rings. The Bertz CT molecular complexity index is 1220. The summed E-state index contributed by atoms with van der Waals surface area (Å²) in [6, 6.07) is 6.31. The summed E-state index contributed by atoms with van der Waals surface area (Å²) in [4.78, 5) is 35.2. The Morgan fingerprint density at radius 1 is 1.30 bits per heavy atom. The normalized spacial score (nSPS) is 15.6. The number of carboxylic acid groups (broad SMARTS) is 1. The number of nitrogens with one attached hydrogen (secondary N) is 3. The van der Waals surface area contributed by atoms with Gasteiger partial charge in [-0.25, -0.2) is 9.98 Å². The van der Waals surface area contributed by atoms with Gasteiger partial charge in [-0.2, -0.15) is 0 Å². The second-order valence-electron chi connectivity index (χ2n) is 6.09. The number of carbonyl (C=O) groups is 1. The monoisotopic (exact) mass is 364 g/mol. The molecule has 1 unspecified atom stereocenters. The van der Waals surface area contributed by atoms with E-state index in [9.17, 15) is 14.7 Å². The van der Waals surface area contributed by atoms with Crippen LogP contribution in [0.5, 0.6) is 0 Å². The molecule has 9 heteroatoms. The van der Waals surface area contributed by atoms with Crippen LogP contribution in [0.2, 0.25) is 0 Å². The van der Waals surface area contributed by atoms with Crippen LogP contribution < -0.4 is 21.9 Å². The van der Waals surface area contributed by atoms with Gasteiger partial charge in [-0.15, -0.1) is 0 Å². The van der Waals surface area contributed by atoms with Crippen molar-refractivity contribution in [3.63, 3.8) is 0 Å². The Kier molecular flexibility index (Phi) is 4.05. The lowest BCUT2D eigenvalue weighted by Gasteiger charge is -2.08. The number of aromatic nitrogens is 4. The summed E-state index contributed by atoms with van der Waals surface area (Å²) in [7, 11) is 0. The van der Waals surface area contributed by atoms with Gasteiger partial charge in [0.25, 0.3) is 5.56 Å². The summed E-state index contributed by atoms with van der Waals surface area (Å²) < 4.78 is 0. The number of hydrogen-bond acceptors (Lipinski definition) is 5. The molecule has 136 valence electrons. The Balaban J connectivity index is 1.87. The number of hydrogen-bond donors (Lipinski definition) is 5. The molecule has 0 aliphatic carbocycles. The van der Waals surface area contributed by atoms with Gasteiger partial charge in [0.05, 0.1) is 16.6 Å². The summed E-state index contributed by atoms with van der Waals surface area (Å²) >= 11 is 0. The number of H-pyrrole nitrogens is 3. The molecule has 0 radical (unpaired) electrons. The lowest BCUT2D eigenvalue weighted by Crippen LogP contribution is -2.32. The molecule has 2 aromatic heterocycles. The molecular formula is C18H16N6O3. The Morgan fingerprint density at radius 3 is 2.85 bits per heavy atom. The van der Waals surface area contributed by atoms with E-state index in [2.05, 4.69) is 25.2 Å². The predicted octanol–water partition coefficient (Wildman–Crippen LogP) is -0.280. The first kappa shape index (κ1) is 16.7. The van der Waals surface area contributed by atoms with Gasteiger partial charge >= 0.3 is 5.97 Å². The van der Waals surface area contributed by atoms with Crippen LogP contribution in [0.3, 0.4) is 0 Å². The number of benzene rings is 1. The van der Waals surface area contributed by atoms with Gasteiger partial charge in [-0.05, 0) is 17.7 Å². The van der Waals surface area contributed by atoms with Crippen LogP contribution in [0, 0.1) is 0 Å². The highest BCUT2D eigenvalue weighted by Crippen LogP contribution is 2.24. The number of carboxylic acids is 1. The largest absolute Gasteiger partial charge is 0.480 e. The molecule has 6 N–H and O–H groups in total. The quantitative estimate of drug-likeness (QED) is 0.421. The molecule has 1 aliphatic heterocycles. The van der Waals surface area contributed by atoms with Gasteiger partial charge in [0.2, 0.25) is 0 Å². The summed E-state index contributed by atoms with van der Waals surface area (Å²) in [6.45, 7) is 0. The fraction of sp³-hybridized carbons (Fsp3) is 0.111. The van der Waals surface area contributed by atoms with Crippen LogP contribution in [-0.4, -0.2) is 37.3 Å². The Morgan fingerprint density at radius 2 is 2.11 bits per heavy atom. The average molecular weight is 364 g/mol. The second kappa shape index (κ2) is 6.54. The number of nitrogens with zero attached hydrogens (tertiary/aromatic N) is 2. The molecule has 0 amide bonds. The second-order valence-corrected chi connectivity index (χ2v) is 6.09. The van der Waals surface area contributed by atoms with Crippen molar-refractivity contribution in [2.75, 3.05) is 0 Å². The van der Waals surface area contributed by atoms with Crippen molar-refractivity contribution in [3.05, 3.63) is 68.8 Å². The number of para-hydroxylation sites is 1. The van der Waals surface area contributed by atoms with E-state index in [0.717, 1.165) is 5.22 Å². The summed E-state index contributed by atoms with van der Waals surface area (Å²) in [5.41, 5.74) is 7.44. The van der Waals surface area contributed by atoms with E-state index >= 15 is 0 Å². The van der Waals surface area contributed by atoms with Crippen molar-refractivity contribution in [2.24, 2.45) is 10.7 Å². The van der Waals surface area contributed by atoms with Crippen molar-refractivity contribution < 1.29 is 9.90 Å². The standard InChI is InChI=1S/C18H16N6O3/c19-12(18(26)27)7-10-9-3-1-2-4-13(9)22-14(10)8-11-15(23-24-17(11)25)16-20-5-6-21-16/h1-6,8,12H,7,19H2,(H,20,21)(H,26,27)(H2,23,24,25). The highest BCUT2D eigenvalue weighted by atomic mass is 16.4. The summed E-state index contributed by atoms with van der Waals surface area (Å²) in [5.74, 6) is -0.596. The number of aromatic amines is 3. The third-order valence-corrected chi connectivity index (χ3v) is 4.35. The fourth-order valence-corrected chi connectivity index (χ4v) is 3.03. The van der Waals surface area contributed by atoms with Gasteiger partial charge in [0, 0.05) is 24.0 Å². The van der Waals surface area contributed by atoms with Gasteiger partial charge in [-0.1, -0.05) is 18.2 Å². The predicted molar refractivity (Wildman–Crippen MR) is 97.8 cm³/mol. The molecule has 0 saturated heterocycles. The minimum Gasteiger partial charge on any atom is -0.480 e. The van der Waals surface area contributed by atoms with E-state index in [1.807, 2.05) is 24.3 Å². The van der Waals surface area contributed by atoms with Gasteiger partial charge in [-0.3, -0.25) is 19.8 Å². The first-order valence-corrected chi connectivity index (χ1v) is 8.22. The van der Waals surface area contributed by atoms with Crippen molar-refractivity contribution >= 4 is 17.6 Å². The van der Waals surface area contributed by atoms with Crippen LogP contribution in [0.15, 0.2) is 52.1 Å². The maximum atomic E-state index is 12.3. The minimum atomic E-state index is -1.10. The lowest BCUT2D eigenvalue weighted by molar-refractivity contribution is -0.138. The average Bonchev–Trinajstić information content (AvgIpc) is 3.36. The first-order valence-electron chi connectivity index (χ1n) is 8.22. The number of aliphatic carboxylic acids is 1. The zero-order valence-corrected chi connectivity index (χ0v) is 14.1. The van der Waals surface area contributed by atoms with Crippen LogP contribution in [-0.2, 0) is 4.79 Å². The molecular weight excluding hydrogens is 348 g/mol. The van der Waals surface area contributed by atoms with E-state index in [0.29, 0.717) is 33.7 Å². The van der Waals surface area contributed by atoms with Gasteiger partial charge < -0.3 is 15.8 Å². The third kappa shape index (κ3) is 3.00. The highest BCUT2D eigenvalue weighted by molar-refractivity contribution is 5.82. The van der Waals surface area contributed by atoms with Crippen LogP contribution in [0.1, 0.15) is 12.0 Å². The van der Waals surface area contributed by atoms with E-state index in [-0.39, 0.29) is 12.0 Å². The molecule has 0 spiro atoms. The molecule has 9 nitrogen and oxygen atoms in total. The smallest absolute Gasteiger partial charge is 0.320 e. The van der Waals surface area contributed by atoms with Crippen LogP contribution in [0.4, 0.5) is 0 Å². The van der Waals surface area contributed by atoms with Crippen molar-refractivity contribution in [1.29, 1.82) is 0 Å². The Hall–Kier alpha value is -3.72. The maximum Gasteiger partial charge on any atom is 0.320 e. The number of allylic oxidation sites excluding steroid dienone is 1. The summed E-state index contributed by atoms with van der Waals surface area (Å²) in [5, 5.41) is 16.0. The molecule has 1 aromatic carbocycles. The van der Waals surface area contributed by atoms with Gasteiger partial charge in [0.15, 0.2) is 5.82 Å². The molecule has 27 heavy (non-hydrogen) atoms.